The van der Waals surface area contributed by atoms with E-state index in [1.54, 1.807) is 0 Å². The topological polar surface area (TPSA) is 83.8 Å². The summed E-state index contributed by atoms with van der Waals surface area (Å²) >= 11 is 0. The molecular weight excluding hydrogens is 865 g/mol. The van der Waals surface area contributed by atoms with Crippen molar-refractivity contribution in [3.63, 3.8) is 0 Å². The molecule has 8 rings (SSSR count). The van der Waals surface area contributed by atoms with Crippen molar-refractivity contribution in [1.82, 2.24) is 9.13 Å². The fourth-order valence-electron chi connectivity index (χ4n) is 7.95. The minimum absolute atomic E-state index is 0. The number of hydrogen-bond donors (Lipinski definition) is 2. The van der Waals surface area contributed by atoms with Crippen LogP contribution in [-0.4, -0.2) is 19.3 Å². The SMILES string of the molecule is Cc1cc(-c2ccccc2)c(O)c(-c2c(/C=C/C=C\Cc3c(-c4cc(C)cc(-c5ccccc5)c4O)n(C)c4ccccc34)c3ccccc3n2C)c1.[CH3-].[CH3-].[Hf].[NH2-]. The van der Waals surface area contributed by atoms with Crippen molar-refractivity contribution in [1.29, 1.82) is 0 Å². The van der Waals surface area contributed by atoms with Crippen molar-refractivity contribution in [2.75, 3.05) is 0 Å². The summed E-state index contributed by atoms with van der Waals surface area (Å²) in [5, 5.41) is 25.9. The first-order valence-electron chi connectivity index (χ1n) is 18.1. The summed E-state index contributed by atoms with van der Waals surface area (Å²) in [5.74, 6) is 0.562. The number of aromatic nitrogens is 2. The standard InChI is InChI=1S/C49H42N2O2.2CH3.Hf.H2N/c1-32-28-40(34-18-8-5-9-19-34)48(52)42(30-32)46-38(36-22-14-16-26-44(36)50(46)3)24-12-7-13-25-39-37-23-15-17-27-45(37)51(4)47(39)43-31-33(2)29-41(49(43)53)35-20-10-6-11-21-35;;;;/h5-24,26-31,52-53H,25H2,1-4H3;2*1H3;;1H2/q;2*-1;;-1/b13-7-,24-12+;;;;. The zero-order valence-electron chi connectivity index (χ0n) is 33.6. The fraction of sp³-hybridized carbons (Fsp3) is 0.0980. The predicted molar refractivity (Wildman–Crippen MR) is 240 cm³/mol. The van der Waals surface area contributed by atoms with E-state index in [9.17, 15) is 10.2 Å². The number of allylic oxidation sites excluding steroid dienone is 3. The molecule has 0 radical (unpaired) electrons. The molecule has 5 nitrogen and oxygen atoms in total. The zero-order chi connectivity index (χ0) is 36.6. The minimum atomic E-state index is 0. The summed E-state index contributed by atoms with van der Waals surface area (Å²) < 4.78 is 4.39. The van der Waals surface area contributed by atoms with E-state index >= 15 is 0 Å². The molecule has 57 heavy (non-hydrogen) atoms. The van der Waals surface area contributed by atoms with Gasteiger partial charge in [-0.2, -0.15) is 0 Å². The summed E-state index contributed by atoms with van der Waals surface area (Å²) in [7, 11) is 4.15. The number of rotatable bonds is 8. The monoisotopic (exact) mass is 916 g/mol. The molecule has 2 heterocycles. The average Bonchev–Trinajstić information content (AvgIpc) is 3.63. The Bertz CT molecular complexity index is 2700. The molecule has 6 aromatic carbocycles. The van der Waals surface area contributed by atoms with Crippen molar-refractivity contribution in [2.24, 2.45) is 14.1 Å². The predicted octanol–water partition coefficient (Wildman–Crippen LogP) is 13.8. The number of phenols is 2. The van der Waals surface area contributed by atoms with Gasteiger partial charge in [-0.25, -0.2) is 0 Å². The summed E-state index contributed by atoms with van der Waals surface area (Å²) in [6.45, 7) is 4.17. The maximum atomic E-state index is 11.8. The van der Waals surface area contributed by atoms with Crippen LogP contribution in [0.2, 0.25) is 0 Å². The van der Waals surface area contributed by atoms with Crippen LogP contribution in [0.3, 0.4) is 0 Å². The van der Waals surface area contributed by atoms with Gasteiger partial charge in [0, 0.05) is 89.6 Å². The Hall–Kier alpha value is -5.69. The van der Waals surface area contributed by atoms with Gasteiger partial charge in [0.2, 0.25) is 0 Å². The van der Waals surface area contributed by atoms with E-state index in [0.717, 1.165) is 83.4 Å². The van der Waals surface area contributed by atoms with Gasteiger partial charge in [-0.05, 0) is 84.5 Å². The summed E-state index contributed by atoms with van der Waals surface area (Å²) in [6.07, 6.45) is 9.22. The Morgan fingerprint density at radius 2 is 0.947 bits per heavy atom. The summed E-state index contributed by atoms with van der Waals surface area (Å²) in [5.41, 5.74) is 13.8. The second kappa shape index (κ2) is 18.5. The van der Waals surface area contributed by atoms with Crippen LogP contribution in [0.5, 0.6) is 11.5 Å². The second-order valence-electron chi connectivity index (χ2n) is 13.9. The van der Waals surface area contributed by atoms with Crippen molar-refractivity contribution in [3.8, 4) is 56.3 Å². The van der Waals surface area contributed by atoms with Crippen molar-refractivity contribution < 1.29 is 36.1 Å². The Morgan fingerprint density at radius 3 is 1.49 bits per heavy atom. The van der Waals surface area contributed by atoms with E-state index in [1.165, 1.54) is 5.39 Å². The number of phenolic OH excluding ortho intramolecular Hbond substituents is 2. The van der Waals surface area contributed by atoms with Gasteiger partial charge in [-0.3, -0.25) is 0 Å². The van der Waals surface area contributed by atoms with Crippen LogP contribution in [0.4, 0.5) is 0 Å². The number of benzene rings is 6. The van der Waals surface area contributed by atoms with E-state index in [-0.39, 0.29) is 58.3 Å². The van der Waals surface area contributed by atoms with E-state index in [4.69, 9.17) is 0 Å². The molecule has 0 aliphatic carbocycles. The maximum Gasteiger partial charge on any atom is 0.132 e. The number of aryl methyl sites for hydroxylation is 4. The van der Waals surface area contributed by atoms with E-state index in [0.29, 0.717) is 6.42 Å². The molecule has 0 fully saturated rings. The third kappa shape index (κ3) is 8.11. The van der Waals surface area contributed by atoms with Crippen LogP contribution in [0.1, 0.15) is 22.3 Å². The molecule has 0 amide bonds. The molecule has 0 bridgehead atoms. The van der Waals surface area contributed by atoms with Gasteiger partial charge in [0.1, 0.15) is 11.5 Å². The normalized spacial score (nSPS) is 11.0. The zero-order valence-corrected chi connectivity index (χ0v) is 37.2. The van der Waals surface area contributed by atoms with Crippen molar-refractivity contribution in [3.05, 3.63) is 195 Å². The fourth-order valence-corrected chi connectivity index (χ4v) is 7.95. The Morgan fingerprint density at radius 1 is 0.526 bits per heavy atom. The van der Waals surface area contributed by atoms with Gasteiger partial charge in [-0.15, -0.1) is 0 Å². The quantitative estimate of drug-likeness (QED) is 0.0904. The molecule has 4 N–H and O–H groups in total. The maximum absolute atomic E-state index is 11.8. The minimum Gasteiger partial charge on any atom is -0.693 e. The smallest absolute Gasteiger partial charge is 0.132 e. The third-order valence-corrected chi connectivity index (χ3v) is 10.4. The average molecular weight is 915 g/mol. The number of nitrogens with zero attached hydrogens (tertiary/aromatic N) is 2. The molecule has 0 unspecified atom stereocenters. The summed E-state index contributed by atoms with van der Waals surface area (Å²) in [6, 6.07) is 45.3. The van der Waals surface area contributed by atoms with E-state index < -0.39 is 0 Å². The molecule has 0 saturated heterocycles. The van der Waals surface area contributed by atoms with Gasteiger partial charge < -0.3 is 40.4 Å². The second-order valence-corrected chi connectivity index (χ2v) is 13.9. The Kier molecular flexibility index (Phi) is 14.3. The van der Waals surface area contributed by atoms with E-state index in [1.807, 2.05) is 60.7 Å². The number of hydrogen-bond acceptors (Lipinski definition) is 2. The largest absolute Gasteiger partial charge is 0.693 e. The first-order chi connectivity index (χ1) is 25.8. The van der Waals surface area contributed by atoms with Gasteiger partial charge in [0.05, 0.1) is 11.4 Å². The van der Waals surface area contributed by atoms with Crippen molar-refractivity contribution >= 4 is 27.9 Å². The molecule has 0 saturated carbocycles. The Balaban J connectivity index is 0.00000180. The molecule has 0 atom stereocenters. The van der Waals surface area contributed by atoms with Crippen LogP contribution < -0.4 is 0 Å². The van der Waals surface area contributed by atoms with Crippen LogP contribution in [0.15, 0.2) is 152 Å². The number of aromatic hydroxyl groups is 2. The van der Waals surface area contributed by atoms with Crippen LogP contribution in [0.25, 0.3) is 78.8 Å². The summed E-state index contributed by atoms with van der Waals surface area (Å²) in [4.78, 5) is 0. The van der Waals surface area contributed by atoms with Gasteiger partial charge >= 0.3 is 0 Å². The molecule has 288 valence electrons. The molecule has 0 aliphatic rings. The number of nitrogens with two attached hydrogens (primary N) is 1. The molecule has 2 aromatic heterocycles. The first kappa shape index (κ1) is 44.0. The molecule has 0 spiro atoms. The third-order valence-electron chi connectivity index (χ3n) is 10.4. The molecular formula is C51H50HfN3O2-3. The molecule has 8 aromatic rings. The number of para-hydroxylation sites is 2. The van der Waals surface area contributed by atoms with Crippen LogP contribution >= 0.6 is 0 Å². The van der Waals surface area contributed by atoms with Crippen molar-refractivity contribution in [2.45, 2.75) is 20.3 Å². The van der Waals surface area contributed by atoms with Gasteiger partial charge in [0.15, 0.2) is 0 Å². The molecule has 6 heteroatoms. The van der Waals surface area contributed by atoms with Gasteiger partial charge in [0.25, 0.3) is 0 Å². The van der Waals surface area contributed by atoms with Crippen LogP contribution in [0, 0.1) is 28.7 Å². The molecule has 0 aliphatic heterocycles. The Labute approximate surface area is 356 Å². The number of fused-ring (bicyclic) bond motifs is 2. The first-order valence-corrected chi connectivity index (χ1v) is 18.1. The van der Waals surface area contributed by atoms with E-state index in [2.05, 4.69) is 134 Å². The van der Waals surface area contributed by atoms with Gasteiger partial charge in [-0.1, -0.05) is 121 Å². The van der Waals surface area contributed by atoms with Crippen LogP contribution in [-0.2, 0) is 46.4 Å².